The van der Waals surface area contributed by atoms with E-state index >= 15 is 0 Å². The maximum absolute atomic E-state index is 6.17. The molecule has 4 rings (SSSR count). The third kappa shape index (κ3) is 2.52. The third-order valence-electron chi connectivity index (χ3n) is 4.13. The van der Waals surface area contributed by atoms with Gasteiger partial charge in [0.15, 0.2) is 0 Å². The summed E-state index contributed by atoms with van der Waals surface area (Å²) in [7, 11) is 0. The van der Waals surface area contributed by atoms with E-state index in [2.05, 4.69) is 72.5 Å². The number of rotatable bonds is 1. The average Bonchev–Trinajstić information content (AvgIpc) is 2.84. The number of fused-ring (bicyclic) bond motifs is 3. The molecule has 2 aromatic carbocycles. The van der Waals surface area contributed by atoms with Crippen LogP contribution in [0.5, 0.6) is 0 Å². The zero-order chi connectivity index (χ0) is 15.3. The van der Waals surface area contributed by atoms with Crippen LogP contribution in [0.4, 0.5) is 0 Å². The van der Waals surface area contributed by atoms with Gasteiger partial charge in [0.1, 0.15) is 0 Å². The van der Waals surface area contributed by atoms with E-state index in [1.807, 2.05) is 6.07 Å². The van der Waals surface area contributed by atoms with Crippen molar-refractivity contribution >= 4 is 54.4 Å². The van der Waals surface area contributed by atoms with Crippen LogP contribution in [0.3, 0.4) is 0 Å². The molecule has 0 bridgehead atoms. The topological polar surface area (TPSA) is 27.8 Å². The molecule has 1 aliphatic heterocycles. The van der Waals surface area contributed by atoms with Crippen LogP contribution in [-0.4, -0.2) is 11.5 Å². The highest BCUT2D eigenvalue weighted by molar-refractivity contribution is 9.11. The highest BCUT2D eigenvalue weighted by Gasteiger charge is 2.25. The number of aromatic amines is 1. The van der Waals surface area contributed by atoms with Crippen LogP contribution < -0.4 is 5.32 Å². The summed E-state index contributed by atoms with van der Waals surface area (Å²) in [5.41, 5.74) is 5.00. The molecule has 0 amide bonds. The van der Waals surface area contributed by atoms with Crippen molar-refractivity contribution in [3.05, 3.63) is 67.2 Å². The Morgan fingerprint density at radius 3 is 2.59 bits per heavy atom. The first-order valence-corrected chi connectivity index (χ1v) is 9.07. The van der Waals surface area contributed by atoms with Gasteiger partial charge in [0.05, 0.1) is 6.04 Å². The van der Waals surface area contributed by atoms with Gasteiger partial charge in [-0.1, -0.05) is 43.5 Å². The molecule has 2 heterocycles. The second-order valence-corrected chi connectivity index (χ2v) is 7.81. The van der Waals surface area contributed by atoms with Crippen LogP contribution in [0.1, 0.15) is 22.9 Å². The molecule has 3 aromatic rings. The van der Waals surface area contributed by atoms with Crippen molar-refractivity contribution in [2.75, 3.05) is 6.54 Å². The van der Waals surface area contributed by atoms with Gasteiger partial charge in [-0.3, -0.25) is 0 Å². The number of benzene rings is 2. The highest BCUT2D eigenvalue weighted by atomic mass is 79.9. The minimum absolute atomic E-state index is 0.170. The average molecular weight is 441 g/mol. The Labute approximate surface area is 150 Å². The van der Waals surface area contributed by atoms with Crippen molar-refractivity contribution < 1.29 is 0 Å². The van der Waals surface area contributed by atoms with E-state index in [0.717, 1.165) is 32.5 Å². The van der Waals surface area contributed by atoms with Crippen molar-refractivity contribution in [1.29, 1.82) is 0 Å². The molecule has 1 aromatic heterocycles. The minimum atomic E-state index is 0.170. The van der Waals surface area contributed by atoms with Crippen molar-refractivity contribution in [3.8, 4) is 0 Å². The van der Waals surface area contributed by atoms with E-state index in [0.29, 0.717) is 0 Å². The van der Waals surface area contributed by atoms with Crippen molar-refractivity contribution in [2.45, 2.75) is 12.5 Å². The monoisotopic (exact) mass is 438 g/mol. The molecular weight excluding hydrogens is 427 g/mol. The van der Waals surface area contributed by atoms with Crippen LogP contribution in [0.2, 0.25) is 5.02 Å². The summed E-state index contributed by atoms with van der Waals surface area (Å²) in [6, 6.07) is 12.6. The molecule has 0 radical (unpaired) electrons. The molecule has 5 heteroatoms. The van der Waals surface area contributed by atoms with E-state index in [1.165, 1.54) is 22.2 Å². The number of aromatic nitrogens is 1. The van der Waals surface area contributed by atoms with Gasteiger partial charge in [-0.05, 0) is 53.9 Å². The Hall–Kier alpha value is -0.810. The smallest absolute Gasteiger partial charge is 0.0733 e. The van der Waals surface area contributed by atoms with Crippen LogP contribution in [0, 0.1) is 0 Å². The maximum atomic E-state index is 6.17. The number of H-pyrrole nitrogens is 1. The summed E-state index contributed by atoms with van der Waals surface area (Å²) >= 11 is 13.3. The molecule has 2 N–H and O–H groups in total. The van der Waals surface area contributed by atoms with E-state index in [-0.39, 0.29) is 6.04 Å². The van der Waals surface area contributed by atoms with Crippen LogP contribution in [-0.2, 0) is 6.42 Å². The summed E-state index contributed by atoms with van der Waals surface area (Å²) in [4.78, 5) is 3.58. The fourth-order valence-electron chi connectivity index (χ4n) is 3.23. The zero-order valence-corrected chi connectivity index (χ0v) is 15.5. The lowest BCUT2D eigenvalue weighted by Gasteiger charge is -2.25. The van der Waals surface area contributed by atoms with Crippen molar-refractivity contribution in [3.63, 3.8) is 0 Å². The molecule has 0 aliphatic carbocycles. The predicted molar refractivity (Wildman–Crippen MR) is 98.7 cm³/mol. The Kier molecular flexibility index (Phi) is 3.81. The van der Waals surface area contributed by atoms with Gasteiger partial charge in [-0.25, -0.2) is 0 Å². The van der Waals surface area contributed by atoms with E-state index in [9.17, 15) is 0 Å². The van der Waals surface area contributed by atoms with Crippen LogP contribution in [0.15, 0.2) is 45.3 Å². The minimum Gasteiger partial charge on any atom is -0.357 e. The van der Waals surface area contributed by atoms with Gasteiger partial charge in [0.25, 0.3) is 0 Å². The van der Waals surface area contributed by atoms with E-state index in [1.54, 1.807) is 0 Å². The summed E-state index contributed by atoms with van der Waals surface area (Å²) in [5, 5.41) is 5.64. The second-order valence-electron chi connectivity index (χ2n) is 5.55. The number of halogens is 3. The van der Waals surface area contributed by atoms with Gasteiger partial charge in [0, 0.05) is 37.1 Å². The normalized spacial score (nSPS) is 17.7. The first-order valence-electron chi connectivity index (χ1n) is 7.11. The molecule has 0 fully saturated rings. The largest absolute Gasteiger partial charge is 0.357 e. The van der Waals surface area contributed by atoms with Gasteiger partial charge in [0.2, 0.25) is 0 Å². The number of hydrogen-bond donors (Lipinski definition) is 2. The molecule has 0 saturated carbocycles. The maximum Gasteiger partial charge on any atom is 0.0733 e. The molecule has 22 heavy (non-hydrogen) atoms. The summed E-state index contributed by atoms with van der Waals surface area (Å²) in [5.74, 6) is 0. The quantitative estimate of drug-likeness (QED) is 0.508. The molecule has 0 saturated heterocycles. The van der Waals surface area contributed by atoms with Crippen LogP contribution in [0.25, 0.3) is 10.9 Å². The van der Waals surface area contributed by atoms with E-state index in [4.69, 9.17) is 11.6 Å². The lowest BCUT2D eigenvalue weighted by Crippen LogP contribution is -2.30. The molecule has 1 unspecified atom stereocenters. The van der Waals surface area contributed by atoms with Gasteiger partial charge in [-0.2, -0.15) is 0 Å². The van der Waals surface area contributed by atoms with Gasteiger partial charge in [-0.15, -0.1) is 0 Å². The van der Waals surface area contributed by atoms with Gasteiger partial charge < -0.3 is 10.3 Å². The Morgan fingerprint density at radius 2 is 1.82 bits per heavy atom. The summed E-state index contributed by atoms with van der Waals surface area (Å²) in [6.45, 7) is 0.960. The lowest BCUT2D eigenvalue weighted by atomic mass is 9.94. The molecule has 1 aliphatic rings. The fraction of sp³-hybridized carbons (Fsp3) is 0.176. The summed E-state index contributed by atoms with van der Waals surface area (Å²) < 4.78 is 2.15. The first kappa shape index (κ1) is 14.8. The third-order valence-corrected chi connectivity index (χ3v) is 5.28. The van der Waals surface area contributed by atoms with Crippen LogP contribution >= 0.6 is 43.5 Å². The molecule has 1 atom stereocenters. The van der Waals surface area contributed by atoms with Crippen molar-refractivity contribution in [1.82, 2.24) is 10.3 Å². The Morgan fingerprint density at radius 1 is 1.05 bits per heavy atom. The highest BCUT2D eigenvalue weighted by Crippen LogP contribution is 2.36. The first-order chi connectivity index (χ1) is 10.6. The standard InChI is InChI=1S/C17H13Br2ClN2/c18-10-5-9(6-11(19)7-10)16-17-13(3-4-21-16)14-8-12(20)1-2-15(14)22-17/h1-2,5-8,16,21-22H,3-4H2. The molecule has 0 spiro atoms. The van der Waals surface area contributed by atoms with E-state index < -0.39 is 0 Å². The fourth-order valence-corrected chi connectivity index (χ4v) is 4.73. The zero-order valence-electron chi connectivity index (χ0n) is 11.6. The SMILES string of the molecule is Clc1ccc2[nH]c3c(c2c1)CCNC3c1cc(Br)cc(Br)c1. The molecule has 2 nitrogen and oxygen atoms in total. The molecule has 112 valence electrons. The van der Waals surface area contributed by atoms with Crippen molar-refractivity contribution in [2.24, 2.45) is 0 Å². The molecular formula is C17H13Br2ClN2. The Bertz CT molecular complexity index is 852. The van der Waals surface area contributed by atoms with Gasteiger partial charge >= 0.3 is 0 Å². The number of hydrogen-bond acceptors (Lipinski definition) is 1. The predicted octanol–water partition coefficient (Wildman–Crippen LogP) is 5.58. The summed E-state index contributed by atoms with van der Waals surface area (Å²) in [6.07, 6.45) is 1.02. The second kappa shape index (κ2) is 5.68. The number of nitrogens with one attached hydrogen (secondary N) is 2. The lowest BCUT2D eigenvalue weighted by molar-refractivity contribution is 0.560. The Balaban J connectivity index is 1.90.